The van der Waals surface area contributed by atoms with E-state index in [1.807, 2.05) is 12.1 Å². The standard InChI is InChI=1S/C19H30N2O/c1-3-13-20-14-16-21(18-9-5-6-10-18)15-12-17-8-4-7-11-19(17)22-2/h3-4,7-8,11,18,20H,1,5-6,9-10,12-16H2,2H3. The van der Waals surface area contributed by atoms with Gasteiger partial charge in [-0.3, -0.25) is 4.90 Å². The number of benzene rings is 1. The molecule has 1 aliphatic rings. The van der Waals surface area contributed by atoms with Crippen LogP contribution >= 0.6 is 0 Å². The summed E-state index contributed by atoms with van der Waals surface area (Å²) < 4.78 is 5.47. The number of methoxy groups -OCH3 is 1. The smallest absolute Gasteiger partial charge is 0.122 e. The molecule has 3 heteroatoms. The molecule has 2 rings (SSSR count). The number of nitrogens with zero attached hydrogens (tertiary/aromatic N) is 1. The molecule has 0 saturated heterocycles. The molecule has 1 aliphatic carbocycles. The zero-order chi connectivity index (χ0) is 15.6. The molecule has 1 fully saturated rings. The average Bonchev–Trinajstić information content (AvgIpc) is 3.09. The van der Waals surface area contributed by atoms with Crippen LogP contribution in [0.3, 0.4) is 0 Å². The number of rotatable bonds is 10. The molecule has 0 amide bonds. The van der Waals surface area contributed by atoms with Crippen molar-refractivity contribution in [2.24, 2.45) is 0 Å². The molecule has 22 heavy (non-hydrogen) atoms. The molecule has 0 bridgehead atoms. The van der Waals surface area contributed by atoms with Gasteiger partial charge in [0.25, 0.3) is 0 Å². The summed E-state index contributed by atoms with van der Waals surface area (Å²) in [6.07, 6.45) is 8.46. The Labute approximate surface area is 135 Å². The van der Waals surface area contributed by atoms with Gasteiger partial charge in [0.05, 0.1) is 7.11 Å². The van der Waals surface area contributed by atoms with Crippen molar-refractivity contribution >= 4 is 0 Å². The Hall–Kier alpha value is -1.32. The third-order valence-electron chi connectivity index (χ3n) is 4.57. The Morgan fingerprint density at radius 2 is 2.05 bits per heavy atom. The van der Waals surface area contributed by atoms with Crippen LogP contribution < -0.4 is 10.1 Å². The van der Waals surface area contributed by atoms with Crippen molar-refractivity contribution < 1.29 is 4.74 Å². The van der Waals surface area contributed by atoms with Gasteiger partial charge in [0.1, 0.15) is 5.75 Å². The van der Waals surface area contributed by atoms with Gasteiger partial charge in [0.2, 0.25) is 0 Å². The molecule has 0 heterocycles. The van der Waals surface area contributed by atoms with E-state index in [1.54, 1.807) is 7.11 Å². The molecule has 1 N–H and O–H groups in total. The second-order valence-electron chi connectivity index (χ2n) is 6.03. The largest absolute Gasteiger partial charge is 0.496 e. The van der Waals surface area contributed by atoms with E-state index in [0.717, 1.165) is 44.4 Å². The van der Waals surface area contributed by atoms with Crippen molar-refractivity contribution in [1.82, 2.24) is 10.2 Å². The fourth-order valence-electron chi connectivity index (χ4n) is 3.35. The van der Waals surface area contributed by atoms with Crippen LogP contribution in [0.1, 0.15) is 31.2 Å². The van der Waals surface area contributed by atoms with Crippen LogP contribution in [0, 0.1) is 0 Å². The fraction of sp³-hybridized carbons (Fsp3) is 0.579. The Morgan fingerprint density at radius 3 is 2.77 bits per heavy atom. The molecule has 0 spiro atoms. The number of ether oxygens (including phenoxy) is 1. The molecule has 0 unspecified atom stereocenters. The van der Waals surface area contributed by atoms with Crippen LogP contribution in [0.5, 0.6) is 5.75 Å². The van der Waals surface area contributed by atoms with Gasteiger partial charge in [-0.05, 0) is 30.9 Å². The first-order valence-electron chi connectivity index (χ1n) is 8.52. The van der Waals surface area contributed by atoms with E-state index in [0.29, 0.717) is 0 Å². The van der Waals surface area contributed by atoms with Crippen LogP contribution in [0.4, 0.5) is 0 Å². The maximum atomic E-state index is 5.47. The minimum absolute atomic E-state index is 0.764. The highest BCUT2D eigenvalue weighted by Gasteiger charge is 2.22. The SMILES string of the molecule is C=CCNCCN(CCc1ccccc1OC)C1CCCC1. The van der Waals surface area contributed by atoms with E-state index < -0.39 is 0 Å². The number of hydrogen-bond donors (Lipinski definition) is 1. The van der Waals surface area contributed by atoms with Crippen LogP contribution in [0.2, 0.25) is 0 Å². The molecule has 0 atom stereocenters. The zero-order valence-electron chi connectivity index (χ0n) is 13.9. The van der Waals surface area contributed by atoms with Crippen molar-refractivity contribution in [3.8, 4) is 5.75 Å². The summed E-state index contributed by atoms with van der Waals surface area (Å²) in [6.45, 7) is 7.92. The lowest BCUT2D eigenvalue weighted by atomic mass is 10.1. The molecular formula is C19H30N2O. The molecule has 1 aromatic rings. The molecule has 3 nitrogen and oxygen atoms in total. The number of nitrogens with one attached hydrogen (secondary N) is 1. The van der Waals surface area contributed by atoms with Gasteiger partial charge in [0, 0.05) is 32.2 Å². The van der Waals surface area contributed by atoms with Gasteiger partial charge in [-0.2, -0.15) is 0 Å². The lowest BCUT2D eigenvalue weighted by molar-refractivity contribution is 0.201. The Balaban J connectivity index is 1.88. The summed E-state index contributed by atoms with van der Waals surface area (Å²) in [5.41, 5.74) is 1.31. The Kier molecular flexibility index (Phi) is 7.47. The van der Waals surface area contributed by atoms with Crippen LogP contribution in [-0.2, 0) is 6.42 Å². The fourth-order valence-corrected chi connectivity index (χ4v) is 3.35. The van der Waals surface area contributed by atoms with Gasteiger partial charge in [-0.25, -0.2) is 0 Å². The maximum absolute atomic E-state index is 5.47. The highest BCUT2D eigenvalue weighted by Crippen LogP contribution is 2.24. The summed E-state index contributed by atoms with van der Waals surface area (Å²) >= 11 is 0. The monoisotopic (exact) mass is 302 g/mol. The van der Waals surface area contributed by atoms with Crippen LogP contribution in [0.15, 0.2) is 36.9 Å². The van der Waals surface area contributed by atoms with E-state index >= 15 is 0 Å². The summed E-state index contributed by atoms with van der Waals surface area (Å²) in [5, 5.41) is 3.43. The van der Waals surface area contributed by atoms with E-state index in [-0.39, 0.29) is 0 Å². The van der Waals surface area contributed by atoms with E-state index in [4.69, 9.17) is 4.74 Å². The minimum Gasteiger partial charge on any atom is -0.496 e. The van der Waals surface area contributed by atoms with Gasteiger partial charge >= 0.3 is 0 Å². The summed E-state index contributed by atoms with van der Waals surface area (Å²) in [4.78, 5) is 2.66. The van der Waals surface area contributed by atoms with Gasteiger partial charge in [-0.15, -0.1) is 6.58 Å². The first-order valence-corrected chi connectivity index (χ1v) is 8.52. The highest BCUT2D eigenvalue weighted by molar-refractivity contribution is 5.33. The second kappa shape index (κ2) is 9.65. The quantitative estimate of drug-likeness (QED) is 0.530. The number of para-hydroxylation sites is 1. The van der Waals surface area contributed by atoms with Gasteiger partial charge in [-0.1, -0.05) is 37.1 Å². The van der Waals surface area contributed by atoms with Gasteiger partial charge < -0.3 is 10.1 Å². The molecular weight excluding hydrogens is 272 g/mol. The topological polar surface area (TPSA) is 24.5 Å². The highest BCUT2D eigenvalue weighted by atomic mass is 16.5. The maximum Gasteiger partial charge on any atom is 0.122 e. The van der Waals surface area contributed by atoms with Crippen LogP contribution in [-0.4, -0.2) is 44.2 Å². The summed E-state index contributed by atoms with van der Waals surface area (Å²) in [6, 6.07) is 9.14. The summed E-state index contributed by atoms with van der Waals surface area (Å²) in [5.74, 6) is 1.01. The van der Waals surface area contributed by atoms with Crippen molar-refractivity contribution in [3.05, 3.63) is 42.5 Å². The predicted molar refractivity (Wildman–Crippen MR) is 93.6 cm³/mol. The molecule has 1 saturated carbocycles. The van der Waals surface area contributed by atoms with E-state index in [1.165, 1.54) is 31.2 Å². The molecule has 0 radical (unpaired) electrons. The van der Waals surface area contributed by atoms with Crippen molar-refractivity contribution in [2.75, 3.05) is 33.3 Å². The molecule has 122 valence electrons. The first-order chi connectivity index (χ1) is 10.8. The summed E-state index contributed by atoms with van der Waals surface area (Å²) in [7, 11) is 1.76. The predicted octanol–water partition coefficient (Wildman–Crippen LogP) is 3.26. The first kappa shape index (κ1) is 17.0. The number of hydrogen-bond acceptors (Lipinski definition) is 3. The van der Waals surface area contributed by atoms with Crippen LogP contribution in [0.25, 0.3) is 0 Å². The lowest BCUT2D eigenvalue weighted by Crippen LogP contribution is -2.40. The third kappa shape index (κ3) is 5.15. The lowest BCUT2D eigenvalue weighted by Gasteiger charge is -2.29. The van der Waals surface area contributed by atoms with E-state index in [9.17, 15) is 0 Å². The average molecular weight is 302 g/mol. The second-order valence-corrected chi connectivity index (χ2v) is 6.03. The van der Waals surface area contributed by atoms with Gasteiger partial charge in [0.15, 0.2) is 0 Å². The molecule has 1 aromatic carbocycles. The van der Waals surface area contributed by atoms with Crippen molar-refractivity contribution in [2.45, 2.75) is 38.1 Å². The normalized spacial score (nSPS) is 15.4. The molecule has 0 aliphatic heterocycles. The van der Waals surface area contributed by atoms with E-state index in [2.05, 4.69) is 35.0 Å². The van der Waals surface area contributed by atoms with Crippen molar-refractivity contribution in [3.63, 3.8) is 0 Å². The third-order valence-corrected chi connectivity index (χ3v) is 4.57. The minimum atomic E-state index is 0.764. The Bertz CT molecular complexity index is 441. The van der Waals surface area contributed by atoms with Crippen molar-refractivity contribution in [1.29, 1.82) is 0 Å². The Morgan fingerprint density at radius 1 is 1.27 bits per heavy atom. The zero-order valence-corrected chi connectivity index (χ0v) is 13.9. The molecule has 0 aromatic heterocycles.